The molecule has 0 saturated carbocycles. The van der Waals surface area contributed by atoms with E-state index in [9.17, 15) is 0 Å². The van der Waals surface area contributed by atoms with E-state index >= 15 is 0 Å². The van der Waals surface area contributed by atoms with Crippen molar-refractivity contribution in [2.45, 2.75) is 31.8 Å². The second-order valence-corrected chi connectivity index (χ2v) is 3.95. The molecular formula is C11H18N2O. The van der Waals surface area contributed by atoms with E-state index in [1.54, 1.807) is 6.26 Å². The van der Waals surface area contributed by atoms with Crippen molar-refractivity contribution in [3.8, 4) is 0 Å². The van der Waals surface area contributed by atoms with E-state index < -0.39 is 0 Å². The van der Waals surface area contributed by atoms with E-state index in [4.69, 9.17) is 10.2 Å². The fourth-order valence-electron chi connectivity index (χ4n) is 2.27. The highest BCUT2D eigenvalue weighted by molar-refractivity contribution is 5.10. The number of furan rings is 1. The van der Waals surface area contributed by atoms with Crippen LogP contribution in [0.1, 0.15) is 31.6 Å². The summed E-state index contributed by atoms with van der Waals surface area (Å²) in [5.74, 6) is 1.02. The van der Waals surface area contributed by atoms with Crippen LogP contribution >= 0.6 is 0 Å². The number of rotatable bonds is 3. The predicted molar refractivity (Wildman–Crippen MR) is 55.9 cm³/mol. The number of nitrogens with zero attached hydrogens (tertiary/aromatic N) is 1. The molecule has 0 aromatic carbocycles. The van der Waals surface area contributed by atoms with Crippen molar-refractivity contribution in [3.63, 3.8) is 0 Å². The molecule has 0 radical (unpaired) electrons. The maximum Gasteiger partial charge on any atom is 0.122 e. The topological polar surface area (TPSA) is 42.4 Å². The summed E-state index contributed by atoms with van der Waals surface area (Å²) in [5, 5.41) is 0. The molecule has 0 bridgehead atoms. The van der Waals surface area contributed by atoms with Crippen LogP contribution in [0.3, 0.4) is 0 Å². The van der Waals surface area contributed by atoms with Crippen LogP contribution < -0.4 is 5.73 Å². The molecule has 2 atom stereocenters. The monoisotopic (exact) mass is 194 g/mol. The van der Waals surface area contributed by atoms with Gasteiger partial charge in [0, 0.05) is 12.6 Å². The Morgan fingerprint density at radius 1 is 1.64 bits per heavy atom. The SMILES string of the molecule is CCCN1CC[C@@H](N)[C@@H]1c1ccco1. The molecule has 2 rings (SSSR count). The van der Waals surface area contributed by atoms with Crippen LogP contribution in [0.5, 0.6) is 0 Å². The second-order valence-electron chi connectivity index (χ2n) is 3.95. The molecule has 1 aliphatic heterocycles. The van der Waals surface area contributed by atoms with Crippen molar-refractivity contribution in [3.05, 3.63) is 24.2 Å². The molecule has 0 unspecified atom stereocenters. The van der Waals surface area contributed by atoms with Crippen molar-refractivity contribution in [1.82, 2.24) is 4.90 Å². The summed E-state index contributed by atoms with van der Waals surface area (Å²) in [4.78, 5) is 2.42. The van der Waals surface area contributed by atoms with Crippen LogP contribution in [0.4, 0.5) is 0 Å². The molecule has 1 aliphatic rings. The third-order valence-corrected chi connectivity index (χ3v) is 2.89. The molecule has 1 aromatic heterocycles. The van der Waals surface area contributed by atoms with E-state index in [0.717, 1.165) is 25.3 Å². The van der Waals surface area contributed by atoms with Gasteiger partial charge >= 0.3 is 0 Å². The average Bonchev–Trinajstić information content (AvgIpc) is 2.76. The van der Waals surface area contributed by atoms with E-state index in [-0.39, 0.29) is 6.04 Å². The van der Waals surface area contributed by atoms with E-state index in [1.807, 2.05) is 12.1 Å². The number of nitrogens with two attached hydrogens (primary N) is 1. The first-order chi connectivity index (χ1) is 6.83. The van der Waals surface area contributed by atoms with Gasteiger partial charge in [0.2, 0.25) is 0 Å². The highest BCUT2D eigenvalue weighted by atomic mass is 16.3. The van der Waals surface area contributed by atoms with Gasteiger partial charge in [0.05, 0.1) is 12.3 Å². The van der Waals surface area contributed by atoms with Gasteiger partial charge in [0.25, 0.3) is 0 Å². The summed E-state index contributed by atoms with van der Waals surface area (Å²) < 4.78 is 5.44. The first-order valence-electron chi connectivity index (χ1n) is 5.36. The third-order valence-electron chi connectivity index (χ3n) is 2.89. The Bertz CT molecular complexity index is 269. The van der Waals surface area contributed by atoms with Crippen molar-refractivity contribution in [1.29, 1.82) is 0 Å². The van der Waals surface area contributed by atoms with Gasteiger partial charge in [0.15, 0.2) is 0 Å². The highest BCUT2D eigenvalue weighted by Crippen LogP contribution is 2.31. The van der Waals surface area contributed by atoms with Gasteiger partial charge in [-0.05, 0) is 31.5 Å². The number of likely N-dealkylation sites (tertiary alicyclic amines) is 1. The molecule has 1 fully saturated rings. The Labute approximate surface area is 84.9 Å². The maximum atomic E-state index is 6.09. The van der Waals surface area contributed by atoms with Gasteiger partial charge in [-0.1, -0.05) is 6.92 Å². The second kappa shape index (κ2) is 4.15. The molecule has 0 aliphatic carbocycles. The fourth-order valence-corrected chi connectivity index (χ4v) is 2.27. The molecule has 3 heteroatoms. The summed E-state index contributed by atoms with van der Waals surface area (Å²) >= 11 is 0. The lowest BCUT2D eigenvalue weighted by molar-refractivity contribution is 0.219. The normalized spacial score (nSPS) is 28.4. The van der Waals surface area contributed by atoms with E-state index in [1.165, 1.54) is 6.42 Å². The minimum absolute atomic E-state index is 0.229. The Morgan fingerprint density at radius 2 is 2.50 bits per heavy atom. The summed E-state index contributed by atoms with van der Waals surface area (Å²) in [7, 11) is 0. The Kier molecular flexibility index (Phi) is 2.89. The molecular weight excluding hydrogens is 176 g/mol. The standard InChI is InChI=1S/C11H18N2O/c1-2-6-13-7-5-9(12)11(13)10-4-3-8-14-10/h3-4,8-9,11H,2,5-7,12H2,1H3/t9-,11-/m1/s1. The molecule has 2 N–H and O–H groups in total. The lowest BCUT2D eigenvalue weighted by atomic mass is 10.1. The molecule has 0 amide bonds. The first-order valence-corrected chi connectivity index (χ1v) is 5.36. The Hall–Kier alpha value is -0.800. The molecule has 3 nitrogen and oxygen atoms in total. The Morgan fingerprint density at radius 3 is 3.14 bits per heavy atom. The summed E-state index contributed by atoms with van der Waals surface area (Å²) in [6, 6.07) is 4.49. The highest BCUT2D eigenvalue weighted by Gasteiger charge is 2.33. The third kappa shape index (κ3) is 1.70. The van der Waals surface area contributed by atoms with Crippen molar-refractivity contribution >= 4 is 0 Å². The van der Waals surface area contributed by atoms with Gasteiger partial charge in [-0.3, -0.25) is 4.90 Å². The van der Waals surface area contributed by atoms with Crippen molar-refractivity contribution in [2.75, 3.05) is 13.1 Å². The summed E-state index contributed by atoms with van der Waals surface area (Å²) in [6.45, 7) is 4.41. The lowest BCUT2D eigenvalue weighted by Crippen LogP contribution is -2.31. The zero-order valence-corrected chi connectivity index (χ0v) is 8.65. The van der Waals surface area contributed by atoms with Crippen LogP contribution in [0.15, 0.2) is 22.8 Å². The van der Waals surface area contributed by atoms with Crippen LogP contribution in [-0.2, 0) is 0 Å². The molecule has 0 spiro atoms. The van der Waals surface area contributed by atoms with Crippen LogP contribution in [-0.4, -0.2) is 24.0 Å². The average molecular weight is 194 g/mol. The smallest absolute Gasteiger partial charge is 0.122 e. The first kappa shape index (κ1) is 9.74. The quantitative estimate of drug-likeness (QED) is 0.797. The largest absolute Gasteiger partial charge is 0.468 e. The predicted octanol–water partition coefficient (Wildman–Crippen LogP) is 1.76. The van der Waals surface area contributed by atoms with Gasteiger partial charge in [-0.15, -0.1) is 0 Å². The maximum absolute atomic E-state index is 6.09. The number of hydrogen-bond donors (Lipinski definition) is 1. The van der Waals surface area contributed by atoms with Crippen LogP contribution in [0.25, 0.3) is 0 Å². The fraction of sp³-hybridized carbons (Fsp3) is 0.636. The minimum Gasteiger partial charge on any atom is -0.468 e. The molecule has 78 valence electrons. The van der Waals surface area contributed by atoms with E-state index in [2.05, 4.69) is 11.8 Å². The van der Waals surface area contributed by atoms with Gasteiger partial charge < -0.3 is 10.2 Å². The zero-order valence-electron chi connectivity index (χ0n) is 8.65. The van der Waals surface area contributed by atoms with E-state index in [0.29, 0.717) is 6.04 Å². The van der Waals surface area contributed by atoms with Crippen molar-refractivity contribution in [2.24, 2.45) is 5.73 Å². The summed E-state index contributed by atoms with van der Waals surface area (Å²) in [5.41, 5.74) is 6.09. The van der Waals surface area contributed by atoms with Gasteiger partial charge in [-0.2, -0.15) is 0 Å². The summed E-state index contributed by atoms with van der Waals surface area (Å²) in [6.07, 6.45) is 3.97. The van der Waals surface area contributed by atoms with Gasteiger partial charge in [0.1, 0.15) is 5.76 Å². The minimum atomic E-state index is 0.229. The lowest BCUT2D eigenvalue weighted by Gasteiger charge is -2.24. The van der Waals surface area contributed by atoms with Gasteiger partial charge in [-0.25, -0.2) is 0 Å². The molecule has 1 aromatic rings. The zero-order chi connectivity index (χ0) is 9.97. The molecule has 2 heterocycles. The molecule has 14 heavy (non-hydrogen) atoms. The van der Waals surface area contributed by atoms with Crippen molar-refractivity contribution < 1.29 is 4.42 Å². The molecule has 1 saturated heterocycles. The van der Waals surface area contributed by atoms with Crippen LogP contribution in [0.2, 0.25) is 0 Å². The Balaban J connectivity index is 2.13. The van der Waals surface area contributed by atoms with Crippen LogP contribution in [0, 0.1) is 0 Å². The number of hydrogen-bond acceptors (Lipinski definition) is 3.